The Kier molecular flexibility index (Phi) is 2.66. The van der Waals surface area contributed by atoms with Crippen molar-refractivity contribution in [2.24, 2.45) is 0 Å². The first-order valence-corrected chi connectivity index (χ1v) is 4.34. The summed E-state index contributed by atoms with van der Waals surface area (Å²) in [6.45, 7) is 0.689. The van der Waals surface area contributed by atoms with Gasteiger partial charge in [-0.3, -0.25) is 4.98 Å². The van der Waals surface area contributed by atoms with Gasteiger partial charge in [-0.25, -0.2) is 9.97 Å². The molecule has 14 heavy (non-hydrogen) atoms. The molecule has 0 aromatic carbocycles. The first-order chi connectivity index (χ1) is 6.95. The molecule has 0 aliphatic carbocycles. The van der Waals surface area contributed by atoms with Crippen molar-refractivity contribution in [1.82, 2.24) is 15.0 Å². The maximum Gasteiger partial charge on any atom is 0.115 e. The van der Waals surface area contributed by atoms with Gasteiger partial charge < -0.3 is 5.32 Å². The lowest BCUT2D eigenvalue weighted by Gasteiger charge is -2.03. The van der Waals surface area contributed by atoms with Crippen LogP contribution in [0.2, 0.25) is 0 Å². The van der Waals surface area contributed by atoms with Gasteiger partial charge in [0.25, 0.3) is 0 Å². The van der Waals surface area contributed by atoms with Crippen LogP contribution in [0.3, 0.4) is 0 Å². The number of pyridine rings is 1. The zero-order chi connectivity index (χ0) is 9.64. The Morgan fingerprint density at radius 2 is 2.14 bits per heavy atom. The summed E-state index contributed by atoms with van der Waals surface area (Å²) >= 11 is 0. The van der Waals surface area contributed by atoms with E-state index in [0.717, 1.165) is 11.4 Å². The molecule has 0 aliphatic rings. The minimum atomic E-state index is 0.689. The highest BCUT2D eigenvalue weighted by atomic mass is 14.9. The Morgan fingerprint density at radius 1 is 1.14 bits per heavy atom. The standard InChI is InChI=1S/C10H10N4/c1-2-9(6-11-4-1)13-7-10-3-5-12-8-14-10/h1-6,8,13H,7H2. The van der Waals surface area contributed by atoms with Crippen molar-refractivity contribution >= 4 is 5.69 Å². The molecule has 0 atom stereocenters. The van der Waals surface area contributed by atoms with Crippen molar-refractivity contribution in [1.29, 1.82) is 0 Å². The minimum absolute atomic E-state index is 0.689. The third-order valence-corrected chi connectivity index (χ3v) is 1.78. The average molecular weight is 186 g/mol. The molecule has 0 amide bonds. The quantitative estimate of drug-likeness (QED) is 0.788. The molecule has 70 valence electrons. The second-order valence-corrected chi connectivity index (χ2v) is 2.80. The van der Waals surface area contributed by atoms with Gasteiger partial charge in [0.05, 0.1) is 17.9 Å². The van der Waals surface area contributed by atoms with Crippen LogP contribution in [0.4, 0.5) is 5.69 Å². The van der Waals surface area contributed by atoms with Gasteiger partial charge in [-0.1, -0.05) is 0 Å². The normalized spacial score (nSPS) is 9.71. The highest BCUT2D eigenvalue weighted by Crippen LogP contribution is 2.04. The molecule has 0 saturated heterocycles. The van der Waals surface area contributed by atoms with E-state index in [1.54, 1.807) is 24.9 Å². The van der Waals surface area contributed by atoms with Crippen LogP contribution in [0.1, 0.15) is 5.69 Å². The van der Waals surface area contributed by atoms with E-state index in [-0.39, 0.29) is 0 Å². The van der Waals surface area contributed by atoms with Crippen molar-refractivity contribution in [2.75, 3.05) is 5.32 Å². The van der Waals surface area contributed by atoms with Crippen molar-refractivity contribution < 1.29 is 0 Å². The monoisotopic (exact) mass is 186 g/mol. The van der Waals surface area contributed by atoms with Crippen LogP contribution < -0.4 is 5.32 Å². The Labute approximate surface area is 82.1 Å². The van der Waals surface area contributed by atoms with E-state index in [4.69, 9.17) is 0 Å². The van der Waals surface area contributed by atoms with Gasteiger partial charge in [0.15, 0.2) is 0 Å². The van der Waals surface area contributed by atoms with Crippen molar-refractivity contribution in [3.63, 3.8) is 0 Å². The van der Waals surface area contributed by atoms with Crippen molar-refractivity contribution in [2.45, 2.75) is 6.54 Å². The van der Waals surface area contributed by atoms with E-state index in [2.05, 4.69) is 20.3 Å². The number of anilines is 1. The summed E-state index contributed by atoms with van der Waals surface area (Å²) in [6, 6.07) is 5.74. The van der Waals surface area contributed by atoms with Crippen LogP contribution in [0.25, 0.3) is 0 Å². The zero-order valence-electron chi connectivity index (χ0n) is 7.59. The predicted octanol–water partition coefficient (Wildman–Crippen LogP) is 1.48. The molecule has 0 bridgehead atoms. The van der Waals surface area contributed by atoms with Gasteiger partial charge in [-0.2, -0.15) is 0 Å². The molecular weight excluding hydrogens is 176 g/mol. The molecule has 2 heterocycles. The molecule has 2 aromatic heterocycles. The molecule has 4 heteroatoms. The fourth-order valence-electron chi connectivity index (χ4n) is 1.08. The van der Waals surface area contributed by atoms with E-state index in [0.29, 0.717) is 6.54 Å². The maximum atomic E-state index is 4.10. The third kappa shape index (κ3) is 2.26. The summed E-state index contributed by atoms with van der Waals surface area (Å²) < 4.78 is 0. The van der Waals surface area contributed by atoms with Gasteiger partial charge in [0.2, 0.25) is 0 Å². The van der Waals surface area contributed by atoms with Crippen LogP contribution in [0.15, 0.2) is 43.1 Å². The fraction of sp³-hybridized carbons (Fsp3) is 0.100. The summed E-state index contributed by atoms with van der Waals surface area (Å²) in [5.41, 5.74) is 1.95. The Bertz CT molecular complexity index is 334. The minimum Gasteiger partial charge on any atom is -0.378 e. The molecule has 1 N–H and O–H groups in total. The summed E-state index contributed by atoms with van der Waals surface area (Å²) in [5.74, 6) is 0. The zero-order valence-corrected chi connectivity index (χ0v) is 7.59. The molecule has 0 unspecified atom stereocenters. The van der Waals surface area contributed by atoms with Crippen molar-refractivity contribution in [3.05, 3.63) is 48.8 Å². The predicted molar refractivity (Wildman–Crippen MR) is 53.6 cm³/mol. The second-order valence-electron chi connectivity index (χ2n) is 2.80. The van der Waals surface area contributed by atoms with Crippen LogP contribution >= 0.6 is 0 Å². The Hall–Kier alpha value is -1.97. The van der Waals surface area contributed by atoms with Gasteiger partial charge in [0.1, 0.15) is 6.33 Å². The first kappa shape index (κ1) is 8.62. The molecule has 2 aromatic rings. The van der Waals surface area contributed by atoms with E-state index in [1.165, 1.54) is 0 Å². The van der Waals surface area contributed by atoms with E-state index >= 15 is 0 Å². The van der Waals surface area contributed by atoms with Crippen LogP contribution in [-0.2, 0) is 6.54 Å². The number of rotatable bonds is 3. The van der Waals surface area contributed by atoms with E-state index in [9.17, 15) is 0 Å². The van der Waals surface area contributed by atoms with Gasteiger partial charge in [-0.15, -0.1) is 0 Å². The highest BCUT2D eigenvalue weighted by Gasteiger charge is 1.93. The van der Waals surface area contributed by atoms with Crippen LogP contribution in [0, 0.1) is 0 Å². The molecule has 4 nitrogen and oxygen atoms in total. The first-order valence-electron chi connectivity index (χ1n) is 4.34. The van der Waals surface area contributed by atoms with Crippen LogP contribution in [-0.4, -0.2) is 15.0 Å². The van der Waals surface area contributed by atoms with E-state index in [1.807, 2.05) is 18.2 Å². The second kappa shape index (κ2) is 4.32. The molecular formula is C10H10N4. The van der Waals surface area contributed by atoms with Crippen LogP contribution in [0.5, 0.6) is 0 Å². The topological polar surface area (TPSA) is 50.7 Å². The number of nitrogens with one attached hydrogen (secondary N) is 1. The van der Waals surface area contributed by atoms with Gasteiger partial charge in [-0.05, 0) is 18.2 Å². The summed E-state index contributed by atoms with van der Waals surface area (Å²) in [6.07, 6.45) is 6.80. The molecule has 0 saturated carbocycles. The van der Waals surface area contributed by atoms with E-state index < -0.39 is 0 Å². The molecule has 2 rings (SSSR count). The lowest BCUT2D eigenvalue weighted by Crippen LogP contribution is -2.01. The fourth-order valence-corrected chi connectivity index (χ4v) is 1.08. The Morgan fingerprint density at radius 3 is 2.86 bits per heavy atom. The molecule has 0 fully saturated rings. The molecule has 0 spiro atoms. The smallest absolute Gasteiger partial charge is 0.115 e. The largest absolute Gasteiger partial charge is 0.378 e. The number of hydrogen-bond acceptors (Lipinski definition) is 4. The van der Waals surface area contributed by atoms with Gasteiger partial charge >= 0.3 is 0 Å². The summed E-state index contributed by atoms with van der Waals surface area (Å²) in [7, 11) is 0. The molecule has 0 aliphatic heterocycles. The molecule has 0 radical (unpaired) electrons. The third-order valence-electron chi connectivity index (χ3n) is 1.78. The van der Waals surface area contributed by atoms with Gasteiger partial charge in [0, 0.05) is 18.6 Å². The summed E-state index contributed by atoms with van der Waals surface area (Å²) in [5, 5.41) is 3.21. The SMILES string of the molecule is c1cncc(NCc2ccncn2)c1. The lowest BCUT2D eigenvalue weighted by molar-refractivity contribution is 1.00. The number of hydrogen-bond donors (Lipinski definition) is 1. The Balaban J connectivity index is 1.96. The maximum absolute atomic E-state index is 4.10. The van der Waals surface area contributed by atoms with Crippen molar-refractivity contribution in [3.8, 4) is 0 Å². The average Bonchev–Trinajstić information content (AvgIpc) is 2.29. The number of aromatic nitrogens is 3. The highest BCUT2D eigenvalue weighted by molar-refractivity contribution is 5.39. The number of nitrogens with zero attached hydrogens (tertiary/aromatic N) is 3. The summed E-state index contributed by atoms with van der Waals surface area (Å²) in [4.78, 5) is 12.0. The lowest BCUT2D eigenvalue weighted by atomic mass is 10.3.